The molecule has 0 fully saturated rings. The summed E-state index contributed by atoms with van der Waals surface area (Å²) in [4.78, 5) is 34.7. The summed E-state index contributed by atoms with van der Waals surface area (Å²) in [7, 11) is 4.01. The van der Waals surface area contributed by atoms with E-state index < -0.39 is 6.04 Å². The van der Waals surface area contributed by atoms with Gasteiger partial charge in [-0.05, 0) is 81.9 Å². The second-order valence-corrected chi connectivity index (χ2v) is 7.95. The first-order chi connectivity index (χ1) is 13.9. The molecular formula is C23H25N3O3. The summed E-state index contributed by atoms with van der Waals surface area (Å²) in [6.07, 6.45) is 4.18. The molecule has 3 aromatic rings. The number of pyridine rings is 1. The van der Waals surface area contributed by atoms with Crippen molar-refractivity contribution in [2.75, 3.05) is 27.2 Å². The third kappa shape index (κ3) is 3.34. The number of fused-ring (bicyclic) bond motifs is 2. The molecular weight excluding hydrogens is 366 g/mol. The number of nitrogens with zero attached hydrogens (tertiary/aromatic N) is 3. The van der Waals surface area contributed by atoms with Crippen LogP contribution in [-0.2, 0) is 0 Å². The minimum Gasteiger partial charge on any atom is -0.450 e. The molecule has 0 N–H and O–H groups in total. The van der Waals surface area contributed by atoms with E-state index in [9.17, 15) is 9.59 Å². The fraction of sp³-hybridized carbons (Fsp3) is 0.348. The predicted octanol–water partition coefficient (Wildman–Crippen LogP) is 3.30. The fourth-order valence-electron chi connectivity index (χ4n) is 3.96. The molecule has 4 rings (SSSR count). The number of benzene rings is 1. The zero-order valence-electron chi connectivity index (χ0n) is 17.2. The number of rotatable bonds is 5. The van der Waals surface area contributed by atoms with Crippen LogP contribution in [0.25, 0.3) is 11.0 Å². The molecule has 1 aromatic carbocycles. The Morgan fingerprint density at radius 2 is 1.79 bits per heavy atom. The molecule has 0 saturated heterocycles. The molecule has 1 atom stereocenters. The number of carbonyl (C=O) groups excluding carboxylic acids is 1. The molecule has 150 valence electrons. The van der Waals surface area contributed by atoms with Gasteiger partial charge in [0, 0.05) is 18.9 Å². The number of aromatic nitrogens is 1. The maximum Gasteiger partial charge on any atom is 0.290 e. The molecule has 29 heavy (non-hydrogen) atoms. The number of carbonyl (C=O) groups is 1. The van der Waals surface area contributed by atoms with Crippen molar-refractivity contribution in [1.82, 2.24) is 14.8 Å². The van der Waals surface area contributed by atoms with Crippen molar-refractivity contribution in [2.24, 2.45) is 0 Å². The monoisotopic (exact) mass is 391 g/mol. The summed E-state index contributed by atoms with van der Waals surface area (Å²) in [6, 6.07) is 6.96. The van der Waals surface area contributed by atoms with E-state index in [0.29, 0.717) is 23.1 Å². The zero-order chi connectivity index (χ0) is 20.7. The van der Waals surface area contributed by atoms with Gasteiger partial charge in [0.15, 0.2) is 5.43 Å². The lowest BCUT2D eigenvalue weighted by Gasteiger charge is -2.25. The van der Waals surface area contributed by atoms with Gasteiger partial charge in [0.1, 0.15) is 5.58 Å². The quantitative estimate of drug-likeness (QED) is 0.668. The number of aryl methyl sites for hydroxylation is 2. The van der Waals surface area contributed by atoms with Crippen LogP contribution >= 0.6 is 0 Å². The Bertz CT molecular complexity index is 1140. The van der Waals surface area contributed by atoms with E-state index >= 15 is 0 Å². The Morgan fingerprint density at radius 1 is 1.10 bits per heavy atom. The standard InChI is InChI=1S/C23H25N3O3/c1-14-12-17-18(13-15(14)2)29-22-19(21(17)27)20(16-6-8-24-9-7-16)26(23(22)28)11-5-10-25(3)4/h6-9,12-13,20H,5,10-11H2,1-4H3/t20-/m1/s1. The van der Waals surface area contributed by atoms with E-state index in [4.69, 9.17) is 4.42 Å². The van der Waals surface area contributed by atoms with Crippen LogP contribution in [0.15, 0.2) is 45.9 Å². The lowest BCUT2D eigenvalue weighted by Crippen LogP contribution is -2.32. The normalized spacial score (nSPS) is 16.1. The van der Waals surface area contributed by atoms with Crippen molar-refractivity contribution >= 4 is 16.9 Å². The molecule has 1 amide bonds. The highest BCUT2D eigenvalue weighted by molar-refractivity contribution is 5.99. The van der Waals surface area contributed by atoms with Gasteiger partial charge < -0.3 is 14.2 Å². The highest BCUT2D eigenvalue weighted by Gasteiger charge is 2.42. The second-order valence-electron chi connectivity index (χ2n) is 7.95. The highest BCUT2D eigenvalue weighted by atomic mass is 16.3. The minimum absolute atomic E-state index is 0.130. The highest BCUT2D eigenvalue weighted by Crippen LogP contribution is 2.38. The maximum atomic E-state index is 13.5. The zero-order valence-corrected chi connectivity index (χ0v) is 17.2. The van der Waals surface area contributed by atoms with Gasteiger partial charge in [-0.3, -0.25) is 14.6 Å². The molecule has 3 heterocycles. The molecule has 0 unspecified atom stereocenters. The van der Waals surface area contributed by atoms with E-state index in [-0.39, 0.29) is 17.1 Å². The number of hydrogen-bond donors (Lipinski definition) is 0. The lowest BCUT2D eigenvalue weighted by atomic mass is 9.98. The Morgan fingerprint density at radius 3 is 2.48 bits per heavy atom. The van der Waals surface area contributed by atoms with E-state index in [1.165, 1.54) is 0 Å². The Hall–Kier alpha value is -2.99. The number of hydrogen-bond acceptors (Lipinski definition) is 5. The van der Waals surface area contributed by atoms with Crippen LogP contribution in [-0.4, -0.2) is 47.9 Å². The van der Waals surface area contributed by atoms with Crippen LogP contribution in [0, 0.1) is 13.8 Å². The predicted molar refractivity (Wildman–Crippen MR) is 112 cm³/mol. The Labute approximate surface area is 169 Å². The third-order valence-corrected chi connectivity index (χ3v) is 5.61. The van der Waals surface area contributed by atoms with Gasteiger partial charge in [0.25, 0.3) is 5.91 Å². The average molecular weight is 391 g/mol. The first-order valence-corrected chi connectivity index (χ1v) is 9.82. The molecule has 0 aliphatic carbocycles. The smallest absolute Gasteiger partial charge is 0.290 e. The van der Waals surface area contributed by atoms with Gasteiger partial charge in [-0.15, -0.1) is 0 Å². The topological polar surface area (TPSA) is 66.7 Å². The first-order valence-electron chi connectivity index (χ1n) is 9.82. The average Bonchev–Trinajstić information content (AvgIpc) is 2.97. The largest absolute Gasteiger partial charge is 0.450 e. The van der Waals surface area contributed by atoms with E-state index in [1.807, 2.05) is 52.2 Å². The Kier molecular flexibility index (Phi) is 4.96. The molecule has 2 aromatic heterocycles. The van der Waals surface area contributed by atoms with Crippen molar-refractivity contribution in [2.45, 2.75) is 26.3 Å². The summed E-state index contributed by atoms with van der Waals surface area (Å²) in [6.45, 7) is 5.34. The molecule has 0 radical (unpaired) electrons. The fourth-order valence-corrected chi connectivity index (χ4v) is 3.96. The van der Waals surface area contributed by atoms with Crippen LogP contribution in [0.4, 0.5) is 0 Å². The van der Waals surface area contributed by atoms with Crippen LogP contribution in [0.2, 0.25) is 0 Å². The SMILES string of the molecule is Cc1cc2oc3c(c(=O)c2cc1C)[C@@H](c1ccncc1)N(CCCN(C)C)C3=O. The summed E-state index contributed by atoms with van der Waals surface area (Å²) < 4.78 is 6.03. The lowest BCUT2D eigenvalue weighted by molar-refractivity contribution is 0.0722. The third-order valence-electron chi connectivity index (χ3n) is 5.61. The summed E-state index contributed by atoms with van der Waals surface area (Å²) in [5.74, 6) is -0.0600. The van der Waals surface area contributed by atoms with Crippen molar-refractivity contribution in [3.8, 4) is 0 Å². The van der Waals surface area contributed by atoms with Crippen molar-refractivity contribution < 1.29 is 9.21 Å². The van der Waals surface area contributed by atoms with Crippen molar-refractivity contribution in [3.05, 3.63) is 74.9 Å². The molecule has 6 nitrogen and oxygen atoms in total. The van der Waals surface area contributed by atoms with Crippen LogP contribution < -0.4 is 5.43 Å². The van der Waals surface area contributed by atoms with Crippen LogP contribution in [0.1, 0.15) is 45.3 Å². The van der Waals surface area contributed by atoms with Gasteiger partial charge in [0.2, 0.25) is 5.76 Å². The summed E-state index contributed by atoms with van der Waals surface area (Å²) in [5, 5.41) is 0.522. The van der Waals surface area contributed by atoms with E-state index in [2.05, 4.69) is 9.88 Å². The molecule has 6 heteroatoms. The van der Waals surface area contributed by atoms with E-state index in [1.54, 1.807) is 17.3 Å². The van der Waals surface area contributed by atoms with Crippen molar-refractivity contribution in [1.29, 1.82) is 0 Å². The maximum absolute atomic E-state index is 13.5. The Balaban J connectivity index is 1.89. The van der Waals surface area contributed by atoms with Crippen LogP contribution in [0.5, 0.6) is 0 Å². The molecule has 0 bridgehead atoms. The van der Waals surface area contributed by atoms with Crippen LogP contribution in [0.3, 0.4) is 0 Å². The van der Waals surface area contributed by atoms with Crippen molar-refractivity contribution in [3.63, 3.8) is 0 Å². The summed E-state index contributed by atoms with van der Waals surface area (Å²) in [5.41, 5.74) is 3.69. The molecule has 1 aliphatic rings. The minimum atomic E-state index is -0.454. The number of amides is 1. The van der Waals surface area contributed by atoms with Gasteiger partial charge in [-0.2, -0.15) is 0 Å². The molecule has 0 saturated carbocycles. The first kappa shape index (κ1) is 19.3. The van der Waals surface area contributed by atoms with Gasteiger partial charge in [0.05, 0.1) is 17.0 Å². The van der Waals surface area contributed by atoms with E-state index in [0.717, 1.165) is 29.7 Å². The second kappa shape index (κ2) is 7.44. The van der Waals surface area contributed by atoms with Gasteiger partial charge in [-0.25, -0.2) is 0 Å². The molecule has 1 aliphatic heterocycles. The van der Waals surface area contributed by atoms with Gasteiger partial charge >= 0.3 is 0 Å². The molecule has 0 spiro atoms. The summed E-state index contributed by atoms with van der Waals surface area (Å²) >= 11 is 0. The van der Waals surface area contributed by atoms with Gasteiger partial charge in [-0.1, -0.05) is 0 Å².